The van der Waals surface area contributed by atoms with E-state index in [2.05, 4.69) is 21.0 Å². The number of benzene rings is 1. The van der Waals surface area contributed by atoms with Crippen LogP contribution in [0.2, 0.25) is 0 Å². The molecule has 12 nitrogen and oxygen atoms in total. The second-order valence-corrected chi connectivity index (χ2v) is 13.6. The first-order valence-corrected chi connectivity index (χ1v) is 16.5. The summed E-state index contributed by atoms with van der Waals surface area (Å²) in [5.74, 6) is 1.25. The number of anilines is 1. The highest BCUT2D eigenvalue weighted by Crippen LogP contribution is 2.36. The van der Waals surface area contributed by atoms with E-state index in [0.29, 0.717) is 64.6 Å². The van der Waals surface area contributed by atoms with E-state index in [0.717, 1.165) is 52.1 Å². The fraction of sp³-hybridized carbons (Fsp3) is 0.481. The smallest absolute Gasteiger partial charge is 0.217 e. The van der Waals surface area contributed by atoms with Gasteiger partial charge in [-0.1, -0.05) is 12.1 Å². The molecule has 0 saturated carbocycles. The van der Waals surface area contributed by atoms with Crippen molar-refractivity contribution < 1.29 is 17.9 Å². The van der Waals surface area contributed by atoms with Gasteiger partial charge in [0.1, 0.15) is 0 Å². The van der Waals surface area contributed by atoms with Crippen molar-refractivity contribution in [3.8, 4) is 11.4 Å². The molecule has 5 heterocycles. The number of carbonyl (C=O) groups excluding carboxylic acids is 1. The van der Waals surface area contributed by atoms with Crippen LogP contribution in [0.1, 0.15) is 17.7 Å². The van der Waals surface area contributed by atoms with Crippen LogP contribution in [0.25, 0.3) is 32.5 Å². The van der Waals surface area contributed by atoms with Gasteiger partial charge in [-0.2, -0.15) is 9.40 Å². The number of piperazine rings is 1. The fourth-order valence-electron chi connectivity index (χ4n) is 5.47. The molecule has 41 heavy (non-hydrogen) atoms. The molecule has 2 N–H and O–H groups in total. The number of ether oxygens (including phenoxy) is 1. The maximum absolute atomic E-state index is 11.9. The van der Waals surface area contributed by atoms with Gasteiger partial charge in [0.15, 0.2) is 11.6 Å². The summed E-state index contributed by atoms with van der Waals surface area (Å²) in [4.78, 5) is 27.1. The number of amides is 1. The number of carbonyl (C=O) groups is 1. The number of thiophene rings is 1. The Labute approximate surface area is 242 Å². The Morgan fingerprint density at radius 3 is 2.61 bits per heavy atom. The molecule has 0 aliphatic carbocycles. The van der Waals surface area contributed by atoms with E-state index in [9.17, 15) is 13.2 Å². The summed E-state index contributed by atoms with van der Waals surface area (Å²) in [5.41, 5.74) is 8.09. The van der Waals surface area contributed by atoms with Crippen molar-refractivity contribution in [2.45, 2.75) is 25.9 Å². The van der Waals surface area contributed by atoms with Crippen molar-refractivity contribution in [1.29, 1.82) is 0 Å². The molecule has 218 valence electrons. The van der Waals surface area contributed by atoms with E-state index in [1.807, 2.05) is 29.1 Å². The van der Waals surface area contributed by atoms with Crippen LogP contribution in [0, 0.1) is 0 Å². The highest BCUT2D eigenvalue weighted by atomic mass is 32.2. The zero-order valence-corrected chi connectivity index (χ0v) is 24.7. The number of morpholine rings is 1. The number of hydrogen-bond acceptors (Lipinski definition) is 10. The number of nitrogens with zero attached hydrogens (tertiary/aromatic N) is 7. The number of fused-ring (bicyclic) bond motifs is 2. The topological polar surface area (TPSA) is 140 Å². The second kappa shape index (κ2) is 11.6. The van der Waals surface area contributed by atoms with Crippen LogP contribution < -0.4 is 10.6 Å². The third-order valence-electron chi connectivity index (χ3n) is 7.62. The minimum Gasteiger partial charge on any atom is -0.378 e. The van der Waals surface area contributed by atoms with E-state index >= 15 is 0 Å². The minimum atomic E-state index is -3.16. The number of aryl methyl sites for hydroxylation is 1. The van der Waals surface area contributed by atoms with Gasteiger partial charge in [0.2, 0.25) is 15.9 Å². The van der Waals surface area contributed by atoms with Gasteiger partial charge in [-0.3, -0.25) is 14.4 Å². The lowest BCUT2D eigenvalue weighted by atomic mass is 10.1. The van der Waals surface area contributed by atoms with Crippen molar-refractivity contribution in [2.75, 3.05) is 63.6 Å². The van der Waals surface area contributed by atoms with Crippen LogP contribution in [-0.4, -0.2) is 102 Å². The molecule has 14 heteroatoms. The Morgan fingerprint density at radius 2 is 1.88 bits per heavy atom. The van der Waals surface area contributed by atoms with E-state index < -0.39 is 10.0 Å². The number of rotatable bonds is 9. The standard InChI is InChI=1S/C27H34N8O4S2/c1-41(37,38)34-10-8-32(9-11-34)18-19-16-22-25(40-19)27(33-12-14-39-15-13-33)31-26(30-22)20-4-2-5-23-21(20)17-29-35(23)7-3-6-24(28)36/h2,4-5,16-17H,3,6-15,18H2,1H3,(H2,28,36). The Balaban J connectivity index is 1.33. The van der Waals surface area contributed by atoms with Crippen molar-refractivity contribution in [3.63, 3.8) is 0 Å². The molecule has 2 saturated heterocycles. The summed E-state index contributed by atoms with van der Waals surface area (Å²) in [7, 11) is -3.16. The summed E-state index contributed by atoms with van der Waals surface area (Å²) in [6.45, 7) is 6.56. The third-order valence-corrected chi connectivity index (χ3v) is 10.0. The summed E-state index contributed by atoms with van der Waals surface area (Å²) in [5, 5.41) is 5.54. The summed E-state index contributed by atoms with van der Waals surface area (Å²) < 4.78 is 33.9. The highest BCUT2D eigenvalue weighted by Gasteiger charge is 2.25. The van der Waals surface area contributed by atoms with E-state index in [1.165, 1.54) is 11.1 Å². The molecule has 6 rings (SSSR count). The molecule has 0 spiro atoms. The first-order chi connectivity index (χ1) is 19.8. The van der Waals surface area contributed by atoms with E-state index in [4.69, 9.17) is 20.4 Å². The van der Waals surface area contributed by atoms with Crippen LogP contribution in [0.15, 0.2) is 30.5 Å². The average Bonchev–Trinajstić information content (AvgIpc) is 3.56. The monoisotopic (exact) mass is 598 g/mol. The first kappa shape index (κ1) is 28.0. The number of nitrogens with two attached hydrogens (primary N) is 1. The van der Waals surface area contributed by atoms with Crippen LogP contribution in [0.5, 0.6) is 0 Å². The zero-order valence-electron chi connectivity index (χ0n) is 23.0. The van der Waals surface area contributed by atoms with Gasteiger partial charge >= 0.3 is 0 Å². The van der Waals surface area contributed by atoms with Crippen LogP contribution in [-0.2, 0) is 32.6 Å². The Hall–Kier alpha value is -3.17. The van der Waals surface area contributed by atoms with Gasteiger partial charge in [-0.05, 0) is 18.6 Å². The van der Waals surface area contributed by atoms with Crippen molar-refractivity contribution in [3.05, 3.63) is 35.3 Å². The SMILES string of the molecule is CS(=O)(=O)N1CCN(Cc2cc3nc(-c4cccc5c4cnn5CCCC(N)=O)nc(N4CCOCC4)c3s2)CC1. The van der Waals surface area contributed by atoms with Crippen molar-refractivity contribution in [2.24, 2.45) is 5.73 Å². The van der Waals surface area contributed by atoms with Crippen LogP contribution >= 0.6 is 11.3 Å². The molecule has 0 bridgehead atoms. The van der Waals surface area contributed by atoms with Gasteiger partial charge < -0.3 is 15.4 Å². The zero-order chi connectivity index (χ0) is 28.6. The molecule has 2 fully saturated rings. The minimum absolute atomic E-state index is 0.314. The molecule has 4 aromatic rings. The number of hydrogen-bond donors (Lipinski definition) is 1. The number of primary amides is 1. The Bertz CT molecular complexity index is 1670. The summed E-state index contributed by atoms with van der Waals surface area (Å²) in [6.07, 6.45) is 4.05. The largest absolute Gasteiger partial charge is 0.378 e. The maximum atomic E-state index is 11.9. The molecular weight excluding hydrogens is 564 g/mol. The second-order valence-electron chi connectivity index (χ2n) is 10.5. The summed E-state index contributed by atoms with van der Waals surface area (Å²) in [6, 6.07) is 8.17. The van der Waals surface area contributed by atoms with E-state index in [1.54, 1.807) is 15.6 Å². The lowest BCUT2D eigenvalue weighted by molar-refractivity contribution is -0.118. The highest BCUT2D eigenvalue weighted by molar-refractivity contribution is 7.88. The van der Waals surface area contributed by atoms with Gasteiger partial charge in [0.05, 0.1) is 41.4 Å². The van der Waals surface area contributed by atoms with Gasteiger partial charge in [-0.15, -0.1) is 11.3 Å². The molecule has 2 aliphatic heterocycles. The van der Waals surface area contributed by atoms with Gasteiger partial charge in [-0.25, -0.2) is 18.4 Å². The third kappa shape index (κ3) is 6.06. The number of aromatic nitrogens is 4. The normalized spacial score (nSPS) is 17.5. The first-order valence-electron chi connectivity index (χ1n) is 13.8. The molecule has 0 unspecified atom stereocenters. The summed E-state index contributed by atoms with van der Waals surface area (Å²) >= 11 is 1.71. The van der Waals surface area contributed by atoms with E-state index in [-0.39, 0.29) is 5.91 Å². The number of sulfonamides is 1. The Kier molecular flexibility index (Phi) is 7.92. The Morgan fingerprint density at radius 1 is 1.10 bits per heavy atom. The fourth-order valence-corrected chi connectivity index (χ4v) is 7.45. The lowest BCUT2D eigenvalue weighted by Gasteiger charge is -2.32. The molecule has 2 aliphatic rings. The molecular formula is C27H34N8O4S2. The molecule has 0 atom stereocenters. The molecule has 1 amide bonds. The quantitative estimate of drug-likeness (QED) is 0.306. The van der Waals surface area contributed by atoms with Crippen molar-refractivity contribution in [1.82, 2.24) is 29.0 Å². The predicted octanol–water partition coefficient (Wildman–Crippen LogP) is 1.89. The molecule has 1 aromatic carbocycles. The lowest BCUT2D eigenvalue weighted by Crippen LogP contribution is -2.47. The average molecular weight is 599 g/mol. The maximum Gasteiger partial charge on any atom is 0.217 e. The molecule has 3 aromatic heterocycles. The van der Waals surface area contributed by atoms with Gasteiger partial charge in [0, 0.05) is 74.6 Å². The van der Waals surface area contributed by atoms with Crippen LogP contribution in [0.3, 0.4) is 0 Å². The predicted molar refractivity (Wildman–Crippen MR) is 159 cm³/mol. The van der Waals surface area contributed by atoms with Crippen molar-refractivity contribution >= 4 is 54.2 Å². The molecule has 0 radical (unpaired) electrons. The van der Waals surface area contributed by atoms with Crippen LogP contribution in [0.4, 0.5) is 5.82 Å². The van der Waals surface area contributed by atoms with Gasteiger partial charge in [0.25, 0.3) is 0 Å².